The molecule has 0 radical (unpaired) electrons. The summed E-state index contributed by atoms with van der Waals surface area (Å²) in [5.74, 6) is 0.831. The van der Waals surface area contributed by atoms with E-state index in [1.54, 1.807) is 0 Å². The predicted molar refractivity (Wildman–Crippen MR) is 108 cm³/mol. The summed E-state index contributed by atoms with van der Waals surface area (Å²) in [4.78, 5) is 0. The van der Waals surface area contributed by atoms with Crippen molar-refractivity contribution in [1.29, 1.82) is 0 Å². The lowest BCUT2D eigenvalue weighted by Gasteiger charge is -2.39. The van der Waals surface area contributed by atoms with Crippen molar-refractivity contribution in [2.24, 2.45) is 0 Å². The van der Waals surface area contributed by atoms with Crippen LogP contribution in [0.4, 0.5) is 0 Å². The molecule has 2 aromatic carbocycles. The number of benzene rings is 2. The Morgan fingerprint density at radius 1 is 0.731 bits per heavy atom. The zero-order chi connectivity index (χ0) is 18.6. The molecular formula is C24H32O2. The Morgan fingerprint density at radius 3 is 1.62 bits per heavy atom. The van der Waals surface area contributed by atoms with Crippen molar-refractivity contribution in [3.8, 4) is 11.5 Å². The summed E-state index contributed by atoms with van der Waals surface area (Å²) in [5, 5.41) is 20.5. The molecule has 1 aliphatic carbocycles. The monoisotopic (exact) mass is 352 g/mol. The molecule has 1 aliphatic rings. The molecule has 2 nitrogen and oxygen atoms in total. The molecule has 0 heterocycles. The van der Waals surface area contributed by atoms with Crippen LogP contribution in [0.5, 0.6) is 11.5 Å². The van der Waals surface area contributed by atoms with Gasteiger partial charge < -0.3 is 10.2 Å². The molecule has 0 aliphatic heterocycles. The molecule has 0 atom stereocenters. The quantitative estimate of drug-likeness (QED) is 0.645. The van der Waals surface area contributed by atoms with Crippen molar-refractivity contribution in [2.45, 2.75) is 77.0 Å². The third-order valence-corrected chi connectivity index (χ3v) is 6.01. The lowest BCUT2D eigenvalue weighted by Crippen LogP contribution is -2.30. The minimum Gasteiger partial charge on any atom is -0.508 e. The standard InChI is InChI=1S/C24H32O2/c1-3-8-18-16-20(10-12-22(18)25)24(14-6-5-7-15-24)21-11-13-23(26)19(17-21)9-4-2/h10-13,16-17,25-26H,3-9,14-15H2,1-2H3. The molecule has 140 valence electrons. The van der Waals surface area contributed by atoms with E-state index in [1.165, 1.54) is 30.4 Å². The first kappa shape index (κ1) is 18.8. The van der Waals surface area contributed by atoms with Gasteiger partial charge in [-0.15, -0.1) is 0 Å². The first-order valence-electron chi connectivity index (χ1n) is 10.3. The summed E-state index contributed by atoms with van der Waals surface area (Å²) in [5.41, 5.74) is 4.77. The van der Waals surface area contributed by atoms with Crippen LogP contribution in [0.3, 0.4) is 0 Å². The van der Waals surface area contributed by atoms with Gasteiger partial charge in [-0.2, -0.15) is 0 Å². The van der Waals surface area contributed by atoms with Crippen LogP contribution in [-0.4, -0.2) is 10.2 Å². The Balaban J connectivity index is 2.11. The third kappa shape index (κ3) is 3.60. The zero-order valence-corrected chi connectivity index (χ0v) is 16.2. The highest BCUT2D eigenvalue weighted by Gasteiger charge is 2.36. The average Bonchev–Trinajstić information content (AvgIpc) is 2.66. The van der Waals surface area contributed by atoms with Crippen molar-refractivity contribution in [3.05, 3.63) is 58.7 Å². The predicted octanol–water partition coefficient (Wildman–Crippen LogP) is 6.25. The fourth-order valence-electron chi connectivity index (χ4n) is 4.60. The Labute approximate surface area is 157 Å². The molecule has 0 amide bonds. The number of hydrogen-bond acceptors (Lipinski definition) is 2. The van der Waals surface area contributed by atoms with E-state index >= 15 is 0 Å². The van der Waals surface area contributed by atoms with Gasteiger partial charge in [0.1, 0.15) is 11.5 Å². The van der Waals surface area contributed by atoms with Crippen molar-refractivity contribution < 1.29 is 10.2 Å². The number of rotatable bonds is 6. The largest absolute Gasteiger partial charge is 0.508 e. The second-order valence-electron chi connectivity index (χ2n) is 7.83. The molecule has 2 heteroatoms. The molecule has 0 unspecified atom stereocenters. The summed E-state index contributed by atoms with van der Waals surface area (Å²) < 4.78 is 0. The van der Waals surface area contributed by atoms with Gasteiger partial charge in [-0.25, -0.2) is 0 Å². The molecular weight excluding hydrogens is 320 g/mol. The maximum absolute atomic E-state index is 10.2. The lowest BCUT2D eigenvalue weighted by atomic mass is 9.65. The van der Waals surface area contributed by atoms with Crippen LogP contribution in [0.2, 0.25) is 0 Å². The first-order chi connectivity index (χ1) is 12.6. The smallest absolute Gasteiger partial charge is 0.118 e. The summed E-state index contributed by atoms with van der Waals surface area (Å²) in [7, 11) is 0. The Kier molecular flexibility index (Phi) is 5.90. The molecule has 0 bridgehead atoms. The first-order valence-corrected chi connectivity index (χ1v) is 10.3. The minimum absolute atomic E-state index is 0.00460. The van der Waals surface area contributed by atoms with Crippen LogP contribution in [0, 0.1) is 0 Å². The molecule has 0 aromatic heterocycles. The van der Waals surface area contributed by atoms with E-state index in [-0.39, 0.29) is 5.41 Å². The molecule has 0 saturated heterocycles. The summed E-state index contributed by atoms with van der Waals surface area (Å²) >= 11 is 0. The van der Waals surface area contributed by atoms with Gasteiger partial charge in [0.15, 0.2) is 0 Å². The second-order valence-corrected chi connectivity index (χ2v) is 7.83. The molecule has 1 fully saturated rings. The maximum atomic E-state index is 10.2. The second kappa shape index (κ2) is 8.16. The van der Waals surface area contributed by atoms with Crippen LogP contribution < -0.4 is 0 Å². The number of aryl methyl sites for hydroxylation is 2. The zero-order valence-electron chi connectivity index (χ0n) is 16.2. The molecule has 0 spiro atoms. The van der Waals surface area contributed by atoms with E-state index in [4.69, 9.17) is 0 Å². The van der Waals surface area contributed by atoms with Crippen molar-refractivity contribution in [2.75, 3.05) is 0 Å². The van der Waals surface area contributed by atoms with E-state index in [0.717, 1.165) is 49.7 Å². The van der Waals surface area contributed by atoms with Gasteiger partial charge in [0.25, 0.3) is 0 Å². The number of aromatic hydroxyl groups is 2. The molecule has 1 saturated carbocycles. The number of hydrogen-bond donors (Lipinski definition) is 2. The van der Waals surface area contributed by atoms with Crippen molar-refractivity contribution in [3.63, 3.8) is 0 Å². The molecule has 2 aromatic rings. The molecule has 2 N–H and O–H groups in total. The summed E-state index contributed by atoms with van der Waals surface area (Å²) in [6, 6.07) is 12.5. The summed E-state index contributed by atoms with van der Waals surface area (Å²) in [6.45, 7) is 4.30. The Morgan fingerprint density at radius 2 is 1.19 bits per heavy atom. The van der Waals surface area contributed by atoms with Crippen molar-refractivity contribution >= 4 is 0 Å². The third-order valence-electron chi connectivity index (χ3n) is 6.01. The van der Waals surface area contributed by atoms with Crippen LogP contribution in [0.25, 0.3) is 0 Å². The van der Waals surface area contributed by atoms with E-state index < -0.39 is 0 Å². The maximum Gasteiger partial charge on any atom is 0.118 e. The van der Waals surface area contributed by atoms with Gasteiger partial charge in [0.2, 0.25) is 0 Å². The number of phenols is 2. The highest BCUT2D eigenvalue weighted by molar-refractivity contribution is 5.48. The SMILES string of the molecule is CCCc1cc(C2(c3ccc(O)c(CCC)c3)CCCCC2)ccc1O. The number of phenolic OH excluding ortho intramolecular Hbond substituents is 2. The fraction of sp³-hybridized carbons (Fsp3) is 0.500. The van der Waals surface area contributed by atoms with Crippen LogP contribution in [0.15, 0.2) is 36.4 Å². The molecule has 3 rings (SSSR count). The van der Waals surface area contributed by atoms with E-state index in [2.05, 4.69) is 38.1 Å². The van der Waals surface area contributed by atoms with Gasteiger partial charge in [-0.3, -0.25) is 0 Å². The summed E-state index contributed by atoms with van der Waals surface area (Å²) in [6.07, 6.45) is 9.91. The lowest BCUT2D eigenvalue weighted by molar-refractivity contribution is 0.344. The van der Waals surface area contributed by atoms with Gasteiger partial charge in [0, 0.05) is 5.41 Å². The van der Waals surface area contributed by atoms with Crippen molar-refractivity contribution in [1.82, 2.24) is 0 Å². The highest BCUT2D eigenvalue weighted by atomic mass is 16.3. The van der Waals surface area contributed by atoms with Gasteiger partial charge in [-0.05, 0) is 60.1 Å². The molecule has 26 heavy (non-hydrogen) atoms. The topological polar surface area (TPSA) is 40.5 Å². The normalized spacial score (nSPS) is 16.5. The van der Waals surface area contributed by atoms with Gasteiger partial charge >= 0.3 is 0 Å². The van der Waals surface area contributed by atoms with E-state index in [0.29, 0.717) is 11.5 Å². The van der Waals surface area contributed by atoms with Gasteiger partial charge in [0.05, 0.1) is 0 Å². The fourth-order valence-corrected chi connectivity index (χ4v) is 4.60. The Hall–Kier alpha value is -1.96. The average molecular weight is 353 g/mol. The highest BCUT2D eigenvalue weighted by Crippen LogP contribution is 2.46. The minimum atomic E-state index is 0.00460. The van der Waals surface area contributed by atoms with E-state index in [1.807, 2.05) is 12.1 Å². The van der Waals surface area contributed by atoms with Crippen LogP contribution in [-0.2, 0) is 18.3 Å². The van der Waals surface area contributed by atoms with Crippen LogP contribution >= 0.6 is 0 Å². The van der Waals surface area contributed by atoms with E-state index in [9.17, 15) is 10.2 Å². The Bertz CT molecular complexity index is 684. The van der Waals surface area contributed by atoms with Crippen LogP contribution in [0.1, 0.15) is 81.0 Å². The van der Waals surface area contributed by atoms with Gasteiger partial charge in [-0.1, -0.05) is 70.2 Å².